The number of likely N-dealkylation sites (tertiary alicyclic amines) is 1. The molecule has 1 aliphatic rings. The van der Waals surface area contributed by atoms with Crippen molar-refractivity contribution in [3.8, 4) is 0 Å². The molecule has 1 aromatic heterocycles. The number of aromatic nitrogens is 2. The first-order valence-electron chi connectivity index (χ1n) is 7.38. The van der Waals surface area contributed by atoms with Crippen LogP contribution in [0.3, 0.4) is 0 Å². The summed E-state index contributed by atoms with van der Waals surface area (Å²) >= 11 is 3.53. The van der Waals surface area contributed by atoms with E-state index in [4.69, 9.17) is 0 Å². The van der Waals surface area contributed by atoms with Gasteiger partial charge in [0.1, 0.15) is 0 Å². The van der Waals surface area contributed by atoms with Crippen molar-refractivity contribution in [1.82, 2.24) is 14.7 Å². The van der Waals surface area contributed by atoms with E-state index in [1.54, 1.807) is 0 Å². The Balaban J connectivity index is 2.02. The Morgan fingerprint density at radius 3 is 2.75 bits per heavy atom. The van der Waals surface area contributed by atoms with Crippen molar-refractivity contribution in [2.45, 2.75) is 47.1 Å². The maximum absolute atomic E-state index is 12.5. The lowest BCUT2D eigenvalue weighted by Crippen LogP contribution is -2.42. The number of piperidine rings is 1. The van der Waals surface area contributed by atoms with Gasteiger partial charge in [0.25, 0.3) is 0 Å². The van der Waals surface area contributed by atoms with Crippen molar-refractivity contribution in [2.24, 2.45) is 11.8 Å². The predicted octanol–water partition coefficient (Wildman–Crippen LogP) is 3.16. The lowest BCUT2D eigenvalue weighted by molar-refractivity contribution is -0.137. The van der Waals surface area contributed by atoms with Crippen LogP contribution in [-0.2, 0) is 11.3 Å². The van der Waals surface area contributed by atoms with E-state index in [1.165, 1.54) is 6.42 Å². The number of amides is 1. The van der Waals surface area contributed by atoms with E-state index in [0.717, 1.165) is 35.4 Å². The average molecular weight is 342 g/mol. The highest BCUT2D eigenvalue weighted by atomic mass is 79.9. The van der Waals surface area contributed by atoms with Crippen LogP contribution in [0.4, 0.5) is 0 Å². The number of nitrogens with zero attached hydrogens (tertiary/aromatic N) is 3. The summed E-state index contributed by atoms with van der Waals surface area (Å²) in [5, 5.41) is 4.49. The van der Waals surface area contributed by atoms with Gasteiger partial charge in [-0.05, 0) is 48.5 Å². The van der Waals surface area contributed by atoms with Gasteiger partial charge in [-0.3, -0.25) is 9.48 Å². The quantitative estimate of drug-likeness (QED) is 0.846. The summed E-state index contributed by atoms with van der Waals surface area (Å²) < 4.78 is 2.98. The number of aryl methyl sites for hydroxylation is 1. The molecular weight excluding hydrogens is 318 g/mol. The highest BCUT2D eigenvalue weighted by Gasteiger charge is 2.25. The summed E-state index contributed by atoms with van der Waals surface area (Å²) in [7, 11) is 0. The van der Waals surface area contributed by atoms with E-state index in [-0.39, 0.29) is 11.8 Å². The molecule has 20 heavy (non-hydrogen) atoms. The Labute approximate surface area is 129 Å². The summed E-state index contributed by atoms with van der Waals surface area (Å²) in [5.41, 5.74) is 2.07. The van der Waals surface area contributed by atoms with Gasteiger partial charge in [-0.1, -0.05) is 13.8 Å². The summed E-state index contributed by atoms with van der Waals surface area (Å²) in [6.45, 7) is 10.7. The van der Waals surface area contributed by atoms with Crippen LogP contribution in [0.1, 0.15) is 38.1 Å². The second kappa shape index (κ2) is 6.29. The largest absolute Gasteiger partial charge is 0.342 e. The fourth-order valence-corrected chi connectivity index (χ4v) is 3.18. The summed E-state index contributed by atoms with van der Waals surface area (Å²) in [6.07, 6.45) is 2.37. The molecule has 0 unspecified atom stereocenters. The van der Waals surface area contributed by atoms with Crippen LogP contribution in [0.25, 0.3) is 0 Å². The molecule has 0 bridgehead atoms. The molecule has 0 N–H and O–H groups in total. The third-order valence-electron chi connectivity index (χ3n) is 4.13. The van der Waals surface area contributed by atoms with Gasteiger partial charge >= 0.3 is 0 Å². The molecule has 0 aromatic carbocycles. The molecule has 1 aromatic rings. The number of carbonyl (C=O) groups is 1. The maximum Gasteiger partial charge on any atom is 0.227 e. The molecule has 4 nitrogen and oxygen atoms in total. The van der Waals surface area contributed by atoms with Crippen molar-refractivity contribution >= 4 is 21.8 Å². The summed E-state index contributed by atoms with van der Waals surface area (Å²) in [4.78, 5) is 14.6. The fourth-order valence-electron chi connectivity index (χ4n) is 2.89. The smallest absolute Gasteiger partial charge is 0.227 e. The Morgan fingerprint density at radius 2 is 2.20 bits per heavy atom. The van der Waals surface area contributed by atoms with Gasteiger partial charge in [-0.2, -0.15) is 5.10 Å². The van der Waals surface area contributed by atoms with Gasteiger partial charge in [0.05, 0.1) is 22.6 Å². The molecule has 112 valence electrons. The van der Waals surface area contributed by atoms with E-state index in [9.17, 15) is 4.79 Å². The zero-order valence-electron chi connectivity index (χ0n) is 12.8. The third-order valence-corrected chi connectivity index (χ3v) is 5.28. The lowest BCUT2D eigenvalue weighted by Gasteiger charge is -2.32. The van der Waals surface area contributed by atoms with Crippen LogP contribution in [0.15, 0.2) is 4.47 Å². The molecule has 2 atom stereocenters. The number of hydrogen-bond acceptors (Lipinski definition) is 2. The molecule has 0 radical (unpaired) electrons. The van der Waals surface area contributed by atoms with Gasteiger partial charge in [0, 0.05) is 18.8 Å². The highest BCUT2D eigenvalue weighted by Crippen LogP contribution is 2.22. The molecule has 1 fully saturated rings. The first kappa shape index (κ1) is 15.5. The zero-order chi connectivity index (χ0) is 14.9. The van der Waals surface area contributed by atoms with E-state index in [1.807, 2.05) is 30.4 Å². The minimum absolute atomic E-state index is 0.0230. The molecule has 1 saturated heterocycles. The molecular formula is C15H24BrN3O. The van der Waals surface area contributed by atoms with Crippen LogP contribution in [0.2, 0.25) is 0 Å². The van der Waals surface area contributed by atoms with Gasteiger partial charge in [0.2, 0.25) is 5.91 Å². The van der Waals surface area contributed by atoms with E-state index >= 15 is 0 Å². The first-order valence-corrected chi connectivity index (χ1v) is 8.17. The molecule has 2 rings (SSSR count). The van der Waals surface area contributed by atoms with Crippen molar-refractivity contribution in [3.05, 3.63) is 15.9 Å². The van der Waals surface area contributed by atoms with Crippen molar-refractivity contribution in [3.63, 3.8) is 0 Å². The number of hydrogen-bond donors (Lipinski definition) is 0. The van der Waals surface area contributed by atoms with Crippen molar-refractivity contribution < 1.29 is 4.79 Å². The topological polar surface area (TPSA) is 38.1 Å². The van der Waals surface area contributed by atoms with Gasteiger partial charge in [-0.25, -0.2) is 0 Å². The normalized spacial score (nSPS) is 21.1. The lowest BCUT2D eigenvalue weighted by atomic mass is 9.99. The van der Waals surface area contributed by atoms with Crippen LogP contribution in [0.5, 0.6) is 0 Å². The number of halogens is 1. The minimum Gasteiger partial charge on any atom is -0.342 e. The van der Waals surface area contributed by atoms with E-state index < -0.39 is 0 Å². The van der Waals surface area contributed by atoms with Crippen molar-refractivity contribution in [1.29, 1.82) is 0 Å². The van der Waals surface area contributed by atoms with Gasteiger partial charge in [0.15, 0.2) is 0 Å². The highest BCUT2D eigenvalue weighted by molar-refractivity contribution is 9.10. The van der Waals surface area contributed by atoms with Crippen LogP contribution >= 0.6 is 15.9 Å². The number of rotatable bonds is 3. The SMILES string of the molecule is Cc1nn(C[C@H](C)C(=O)N2CCC[C@@H](C)C2)c(C)c1Br. The Kier molecular flexibility index (Phi) is 4.89. The monoisotopic (exact) mass is 341 g/mol. The van der Waals surface area contributed by atoms with Gasteiger partial charge in [-0.15, -0.1) is 0 Å². The Morgan fingerprint density at radius 1 is 1.50 bits per heavy atom. The van der Waals surface area contributed by atoms with Crippen LogP contribution in [-0.4, -0.2) is 33.7 Å². The third kappa shape index (κ3) is 3.25. The minimum atomic E-state index is -0.0230. The van der Waals surface area contributed by atoms with E-state index in [2.05, 4.69) is 28.0 Å². The molecule has 0 spiro atoms. The standard InChI is InChI=1S/C15H24BrN3O/c1-10-6-5-7-18(8-10)15(20)11(2)9-19-13(4)14(16)12(3)17-19/h10-11H,5-9H2,1-4H3/t10-,11+/m1/s1. The first-order chi connectivity index (χ1) is 9.40. The molecule has 1 aliphatic heterocycles. The van der Waals surface area contributed by atoms with Crippen molar-refractivity contribution in [2.75, 3.05) is 13.1 Å². The summed E-state index contributed by atoms with van der Waals surface area (Å²) in [6, 6.07) is 0. The average Bonchev–Trinajstić information content (AvgIpc) is 2.65. The molecule has 0 aliphatic carbocycles. The Bertz CT molecular complexity index is 498. The maximum atomic E-state index is 12.5. The zero-order valence-corrected chi connectivity index (χ0v) is 14.4. The molecule has 5 heteroatoms. The van der Waals surface area contributed by atoms with Gasteiger partial charge < -0.3 is 4.90 Å². The Hall–Kier alpha value is -0.840. The molecule has 1 amide bonds. The second-order valence-corrected chi connectivity index (χ2v) is 6.89. The second-order valence-electron chi connectivity index (χ2n) is 6.10. The molecule has 2 heterocycles. The van der Waals surface area contributed by atoms with Crippen LogP contribution in [0, 0.1) is 25.7 Å². The number of carbonyl (C=O) groups excluding carboxylic acids is 1. The summed E-state index contributed by atoms with van der Waals surface area (Å²) in [5.74, 6) is 0.869. The van der Waals surface area contributed by atoms with E-state index in [0.29, 0.717) is 12.5 Å². The molecule has 0 saturated carbocycles. The van der Waals surface area contributed by atoms with Crippen LogP contribution < -0.4 is 0 Å². The fraction of sp³-hybridized carbons (Fsp3) is 0.733. The predicted molar refractivity (Wildman–Crippen MR) is 83.5 cm³/mol.